The van der Waals surface area contributed by atoms with Gasteiger partial charge in [-0.25, -0.2) is 0 Å². The van der Waals surface area contributed by atoms with Crippen molar-refractivity contribution in [3.05, 3.63) is 0 Å². The second-order valence-electron chi connectivity index (χ2n) is 8.78. The predicted octanol–water partition coefficient (Wildman–Crippen LogP) is 4.05. The lowest BCUT2D eigenvalue weighted by Crippen LogP contribution is -2.43. The summed E-state index contributed by atoms with van der Waals surface area (Å²) in [5.41, 5.74) is 0.315. The van der Waals surface area contributed by atoms with E-state index >= 15 is 0 Å². The smallest absolute Gasteiger partial charge is 0.136 e. The summed E-state index contributed by atoms with van der Waals surface area (Å²) in [5, 5.41) is 0.226. The van der Waals surface area contributed by atoms with Gasteiger partial charge >= 0.3 is 0 Å². The van der Waals surface area contributed by atoms with E-state index in [1.807, 2.05) is 0 Å². The third-order valence-corrected chi connectivity index (χ3v) is 10.4. The van der Waals surface area contributed by atoms with Crippen LogP contribution in [0.2, 0.25) is 19.6 Å². The van der Waals surface area contributed by atoms with E-state index < -0.39 is 8.07 Å². The van der Waals surface area contributed by atoms with E-state index in [2.05, 4.69) is 33.5 Å². The summed E-state index contributed by atoms with van der Waals surface area (Å²) in [5.74, 6) is 2.21. The van der Waals surface area contributed by atoms with E-state index in [0.29, 0.717) is 17.1 Å². The lowest BCUT2D eigenvalue weighted by atomic mass is 9.70. The van der Waals surface area contributed by atoms with Crippen LogP contribution in [-0.2, 0) is 9.53 Å². The Labute approximate surface area is 124 Å². The molecule has 3 aliphatic rings. The fraction of sp³-hybridized carbons (Fsp3) is 0.941. The molecular formula is C17H30O2Si. The summed E-state index contributed by atoms with van der Waals surface area (Å²) in [6.45, 7) is 12.8. The first-order chi connectivity index (χ1) is 9.22. The minimum atomic E-state index is -1.26. The number of ketones is 1. The quantitative estimate of drug-likeness (QED) is 0.578. The van der Waals surface area contributed by atoms with Crippen LogP contribution in [0.5, 0.6) is 0 Å². The molecule has 0 radical (unpaired) electrons. The van der Waals surface area contributed by atoms with Gasteiger partial charge in [0, 0.05) is 12.3 Å². The molecule has 2 aliphatic carbocycles. The van der Waals surface area contributed by atoms with E-state index in [0.717, 1.165) is 18.9 Å². The molecule has 0 aromatic heterocycles. The summed E-state index contributed by atoms with van der Waals surface area (Å²) < 4.78 is 5.93. The Hall–Kier alpha value is -0.153. The molecule has 3 heteroatoms. The molecule has 114 valence electrons. The maximum Gasteiger partial charge on any atom is 0.136 e. The molecule has 0 amide bonds. The first kappa shape index (κ1) is 14.8. The molecule has 1 saturated heterocycles. The average molecular weight is 295 g/mol. The molecule has 1 heterocycles. The zero-order chi connectivity index (χ0) is 14.8. The molecule has 2 saturated carbocycles. The van der Waals surface area contributed by atoms with Gasteiger partial charge < -0.3 is 4.74 Å². The summed E-state index contributed by atoms with van der Waals surface area (Å²) >= 11 is 0. The van der Waals surface area contributed by atoms with E-state index in [1.165, 1.54) is 25.7 Å². The molecule has 0 N–H and O–H groups in total. The van der Waals surface area contributed by atoms with Gasteiger partial charge in [-0.3, -0.25) is 4.79 Å². The van der Waals surface area contributed by atoms with Crippen molar-refractivity contribution in [2.45, 2.75) is 70.8 Å². The molecule has 0 aromatic rings. The SMILES string of the molecule is C[C@@H]1CC[C@]2(CC[C@]3([Si](C)(C)C)CO3)[C@H](C)C(=O)C[C@@H]12. The minimum Gasteiger partial charge on any atom is -0.373 e. The van der Waals surface area contributed by atoms with Crippen LogP contribution in [0, 0.1) is 23.2 Å². The zero-order valence-electron chi connectivity index (χ0n) is 13.8. The highest BCUT2D eigenvalue weighted by molar-refractivity contribution is 6.79. The largest absolute Gasteiger partial charge is 0.373 e. The first-order valence-electron chi connectivity index (χ1n) is 8.39. The molecule has 3 rings (SSSR count). The fourth-order valence-electron chi connectivity index (χ4n) is 5.11. The van der Waals surface area contributed by atoms with Crippen LogP contribution in [0.4, 0.5) is 0 Å². The third kappa shape index (κ3) is 1.96. The van der Waals surface area contributed by atoms with Crippen molar-refractivity contribution < 1.29 is 9.53 Å². The molecular weight excluding hydrogens is 264 g/mol. The minimum absolute atomic E-state index is 0.226. The number of ether oxygens (including phenoxy) is 1. The Morgan fingerprint density at radius 1 is 1.25 bits per heavy atom. The Bertz CT molecular complexity index is 421. The van der Waals surface area contributed by atoms with Gasteiger partial charge in [-0.05, 0) is 42.9 Å². The average Bonchev–Trinajstić information content (AvgIpc) is 3.05. The number of carbonyl (C=O) groups is 1. The molecule has 20 heavy (non-hydrogen) atoms. The van der Waals surface area contributed by atoms with Crippen LogP contribution >= 0.6 is 0 Å². The standard InChI is InChI=1S/C17H30O2Si/c1-12-6-7-16(13(2)15(18)10-14(12)16)8-9-17(11-19-17)20(3,4)5/h12-14H,6-11H2,1-5H3/t12-,13-,14+,16+,17+/m1/s1. The highest BCUT2D eigenvalue weighted by Gasteiger charge is 2.60. The molecule has 5 atom stereocenters. The number of hydrogen-bond acceptors (Lipinski definition) is 2. The van der Waals surface area contributed by atoms with Crippen LogP contribution in [-0.4, -0.2) is 25.7 Å². The van der Waals surface area contributed by atoms with Gasteiger partial charge in [-0.2, -0.15) is 0 Å². The van der Waals surface area contributed by atoms with Crippen molar-refractivity contribution in [1.29, 1.82) is 0 Å². The first-order valence-corrected chi connectivity index (χ1v) is 11.9. The van der Waals surface area contributed by atoms with Crippen molar-refractivity contribution in [2.75, 3.05) is 6.61 Å². The molecule has 0 bridgehead atoms. The predicted molar refractivity (Wildman–Crippen MR) is 84.4 cm³/mol. The Kier molecular flexibility index (Phi) is 3.27. The molecule has 1 aliphatic heterocycles. The van der Waals surface area contributed by atoms with Crippen LogP contribution in [0.3, 0.4) is 0 Å². The van der Waals surface area contributed by atoms with Crippen LogP contribution in [0.25, 0.3) is 0 Å². The van der Waals surface area contributed by atoms with E-state index in [-0.39, 0.29) is 11.1 Å². The van der Waals surface area contributed by atoms with Gasteiger partial charge in [0.2, 0.25) is 0 Å². The topological polar surface area (TPSA) is 29.6 Å². The number of fused-ring (bicyclic) bond motifs is 1. The molecule has 3 fully saturated rings. The van der Waals surface area contributed by atoms with Crippen LogP contribution in [0.1, 0.15) is 46.0 Å². The highest BCUT2D eigenvalue weighted by Crippen LogP contribution is 2.61. The number of epoxide rings is 1. The molecule has 0 spiro atoms. The second kappa shape index (κ2) is 4.42. The molecule has 0 aromatic carbocycles. The van der Waals surface area contributed by atoms with Crippen LogP contribution in [0.15, 0.2) is 0 Å². The van der Waals surface area contributed by atoms with E-state index in [1.54, 1.807) is 0 Å². The lowest BCUT2D eigenvalue weighted by molar-refractivity contribution is -0.122. The van der Waals surface area contributed by atoms with Gasteiger partial charge in [0.25, 0.3) is 0 Å². The zero-order valence-corrected chi connectivity index (χ0v) is 14.8. The van der Waals surface area contributed by atoms with Crippen molar-refractivity contribution in [3.8, 4) is 0 Å². The van der Waals surface area contributed by atoms with E-state index in [4.69, 9.17) is 4.74 Å². The Balaban J connectivity index is 1.77. The highest BCUT2D eigenvalue weighted by atomic mass is 28.3. The van der Waals surface area contributed by atoms with Crippen LogP contribution < -0.4 is 0 Å². The maximum atomic E-state index is 12.3. The Morgan fingerprint density at radius 2 is 1.90 bits per heavy atom. The summed E-state index contributed by atoms with van der Waals surface area (Å²) in [6, 6.07) is 0. The number of carbonyl (C=O) groups excluding carboxylic acids is 1. The summed E-state index contributed by atoms with van der Waals surface area (Å²) in [6.07, 6.45) is 5.86. The number of rotatable bonds is 4. The molecule has 2 nitrogen and oxygen atoms in total. The van der Waals surface area contributed by atoms with Gasteiger partial charge in [-0.15, -0.1) is 0 Å². The van der Waals surface area contributed by atoms with Crippen molar-refractivity contribution >= 4 is 13.9 Å². The van der Waals surface area contributed by atoms with Gasteiger partial charge in [-0.1, -0.05) is 33.5 Å². The Morgan fingerprint density at radius 3 is 2.45 bits per heavy atom. The maximum absolute atomic E-state index is 12.3. The fourth-order valence-corrected chi connectivity index (χ4v) is 6.92. The van der Waals surface area contributed by atoms with Gasteiger partial charge in [0.1, 0.15) is 5.78 Å². The van der Waals surface area contributed by atoms with Gasteiger partial charge in [0.05, 0.1) is 19.9 Å². The number of Topliss-reactive ketones (excluding diaryl/α,β-unsaturated/α-hetero) is 1. The monoisotopic (exact) mass is 294 g/mol. The molecule has 0 unspecified atom stereocenters. The normalized spacial score (nSPS) is 47.6. The van der Waals surface area contributed by atoms with Crippen molar-refractivity contribution in [2.24, 2.45) is 23.2 Å². The third-order valence-electron chi connectivity index (χ3n) is 7.11. The summed E-state index contributed by atoms with van der Waals surface area (Å²) in [4.78, 5) is 12.3. The van der Waals surface area contributed by atoms with E-state index in [9.17, 15) is 4.79 Å². The number of hydrogen-bond donors (Lipinski definition) is 0. The lowest BCUT2D eigenvalue weighted by Gasteiger charge is -2.37. The second-order valence-corrected chi connectivity index (χ2v) is 14.2. The van der Waals surface area contributed by atoms with Crippen molar-refractivity contribution in [1.82, 2.24) is 0 Å². The summed E-state index contributed by atoms with van der Waals surface area (Å²) in [7, 11) is -1.26. The van der Waals surface area contributed by atoms with Crippen molar-refractivity contribution in [3.63, 3.8) is 0 Å². The van der Waals surface area contributed by atoms with Gasteiger partial charge in [0.15, 0.2) is 0 Å².